The third-order valence-corrected chi connectivity index (χ3v) is 5.14. The molecule has 0 saturated carbocycles. The van der Waals surface area contributed by atoms with Crippen LogP contribution in [-0.4, -0.2) is 42.9 Å². The number of ether oxygens (including phenoxy) is 1. The van der Waals surface area contributed by atoms with Gasteiger partial charge in [0.25, 0.3) is 0 Å². The largest absolute Gasteiger partial charge is 0.384 e. The van der Waals surface area contributed by atoms with E-state index in [-0.39, 0.29) is 18.3 Å². The maximum Gasteiger partial charge on any atom is 0.0974 e. The number of benzene rings is 2. The first-order valence-electron chi connectivity index (χ1n) is 8.87. The van der Waals surface area contributed by atoms with E-state index in [0.29, 0.717) is 6.42 Å². The minimum absolute atomic E-state index is 0. The molecular formula is C21H28ClNO2. The van der Waals surface area contributed by atoms with Crippen molar-refractivity contribution < 1.29 is 9.84 Å². The van der Waals surface area contributed by atoms with E-state index in [1.165, 1.54) is 5.56 Å². The van der Waals surface area contributed by atoms with E-state index < -0.39 is 5.60 Å². The van der Waals surface area contributed by atoms with Crippen LogP contribution in [0.3, 0.4) is 0 Å². The molecule has 1 fully saturated rings. The molecule has 1 aliphatic heterocycles. The van der Waals surface area contributed by atoms with Gasteiger partial charge in [-0.3, -0.25) is 4.90 Å². The fourth-order valence-corrected chi connectivity index (χ4v) is 3.64. The first kappa shape index (κ1) is 19.9. The molecule has 3 rings (SSSR count). The maximum atomic E-state index is 11.7. The minimum Gasteiger partial charge on any atom is -0.384 e. The third-order valence-electron chi connectivity index (χ3n) is 5.14. The van der Waals surface area contributed by atoms with Gasteiger partial charge in [-0.05, 0) is 17.5 Å². The van der Waals surface area contributed by atoms with Crippen molar-refractivity contribution >= 4 is 12.4 Å². The lowest BCUT2D eigenvalue weighted by Gasteiger charge is -2.40. The molecule has 0 bridgehead atoms. The van der Waals surface area contributed by atoms with Crippen LogP contribution in [0.1, 0.15) is 30.4 Å². The lowest BCUT2D eigenvalue weighted by Crippen LogP contribution is -2.44. The van der Waals surface area contributed by atoms with Crippen molar-refractivity contribution in [1.29, 1.82) is 0 Å². The zero-order chi connectivity index (χ0) is 16.8. The van der Waals surface area contributed by atoms with Gasteiger partial charge in [-0.15, -0.1) is 12.4 Å². The summed E-state index contributed by atoms with van der Waals surface area (Å²) in [7, 11) is 0. The van der Waals surface area contributed by atoms with Crippen LogP contribution < -0.4 is 0 Å². The molecule has 1 heterocycles. The van der Waals surface area contributed by atoms with E-state index in [1.54, 1.807) is 0 Å². The molecule has 2 unspecified atom stereocenters. The second kappa shape index (κ2) is 9.35. The number of aliphatic hydroxyl groups is 1. The van der Waals surface area contributed by atoms with Crippen LogP contribution in [0, 0.1) is 0 Å². The van der Waals surface area contributed by atoms with Gasteiger partial charge in [0.1, 0.15) is 0 Å². The Labute approximate surface area is 157 Å². The molecule has 2 aromatic carbocycles. The monoisotopic (exact) mass is 361 g/mol. The topological polar surface area (TPSA) is 32.7 Å². The van der Waals surface area contributed by atoms with Gasteiger partial charge in [-0.1, -0.05) is 67.6 Å². The standard InChI is InChI=1S/C21H27NO2.ClH/c1-2-21(23,19-11-7-4-8-12-19)20(18-9-5-3-6-10-18)17-22-13-15-24-16-14-22;/h3-12,20,23H,2,13-17H2,1H3;1H. The molecule has 0 aliphatic carbocycles. The summed E-state index contributed by atoms with van der Waals surface area (Å²) in [6.45, 7) is 6.32. The quantitative estimate of drug-likeness (QED) is 0.848. The highest BCUT2D eigenvalue weighted by Crippen LogP contribution is 2.40. The van der Waals surface area contributed by atoms with Crippen molar-refractivity contribution in [1.82, 2.24) is 4.90 Å². The van der Waals surface area contributed by atoms with Crippen molar-refractivity contribution in [2.45, 2.75) is 24.9 Å². The van der Waals surface area contributed by atoms with Crippen LogP contribution in [0.15, 0.2) is 60.7 Å². The van der Waals surface area contributed by atoms with Gasteiger partial charge in [-0.2, -0.15) is 0 Å². The normalized spacial score (nSPS) is 18.8. The van der Waals surface area contributed by atoms with Gasteiger partial charge in [0.05, 0.1) is 18.8 Å². The predicted octanol–water partition coefficient (Wildman–Crippen LogP) is 3.82. The van der Waals surface area contributed by atoms with Gasteiger partial charge in [0.2, 0.25) is 0 Å². The van der Waals surface area contributed by atoms with Gasteiger partial charge in [0, 0.05) is 25.6 Å². The summed E-state index contributed by atoms with van der Waals surface area (Å²) in [4.78, 5) is 2.41. The fraction of sp³-hybridized carbons (Fsp3) is 0.429. The zero-order valence-electron chi connectivity index (χ0n) is 14.8. The Hall–Kier alpha value is -1.39. The van der Waals surface area contributed by atoms with Gasteiger partial charge in [0.15, 0.2) is 0 Å². The number of hydrogen-bond acceptors (Lipinski definition) is 3. The molecule has 3 nitrogen and oxygen atoms in total. The molecule has 1 saturated heterocycles. The van der Waals surface area contributed by atoms with E-state index in [0.717, 1.165) is 38.4 Å². The van der Waals surface area contributed by atoms with Gasteiger partial charge >= 0.3 is 0 Å². The van der Waals surface area contributed by atoms with E-state index in [4.69, 9.17) is 4.74 Å². The summed E-state index contributed by atoms with van der Waals surface area (Å²) in [5.41, 5.74) is 1.31. The Morgan fingerprint density at radius 1 is 1.00 bits per heavy atom. The first-order valence-corrected chi connectivity index (χ1v) is 8.87. The summed E-state index contributed by atoms with van der Waals surface area (Å²) in [5, 5.41) is 11.7. The average Bonchev–Trinajstić information content (AvgIpc) is 2.68. The van der Waals surface area contributed by atoms with Crippen molar-refractivity contribution in [3.63, 3.8) is 0 Å². The summed E-state index contributed by atoms with van der Waals surface area (Å²) in [6, 6.07) is 20.5. The van der Waals surface area contributed by atoms with E-state index in [9.17, 15) is 5.11 Å². The Morgan fingerprint density at radius 2 is 1.56 bits per heavy atom. The molecule has 25 heavy (non-hydrogen) atoms. The molecular weight excluding hydrogens is 334 g/mol. The Balaban J connectivity index is 0.00000225. The summed E-state index contributed by atoms with van der Waals surface area (Å²) < 4.78 is 5.48. The fourth-order valence-electron chi connectivity index (χ4n) is 3.64. The molecule has 1 aliphatic rings. The number of hydrogen-bond donors (Lipinski definition) is 1. The molecule has 136 valence electrons. The minimum atomic E-state index is -0.874. The van der Waals surface area contributed by atoms with Gasteiger partial charge in [-0.25, -0.2) is 0 Å². The van der Waals surface area contributed by atoms with E-state index in [2.05, 4.69) is 36.1 Å². The lowest BCUT2D eigenvalue weighted by molar-refractivity contribution is -0.0250. The molecule has 2 aromatic rings. The SMILES string of the molecule is CCC(O)(c1ccccc1)C(CN1CCOCC1)c1ccccc1.Cl. The molecule has 0 radical (unpaired) electrons. The molecule has 1 N–H and O–H groups in total. The highest BCUT2D eigenvalue weighted by molar-refractivity contribution is 5.85. The second-order valence-electron chi connectivity index (χ2n) is 6.52. The van der Waals surface area contributed by atoms with Crippen LogP contribution in [-0.2, 0) is 10.3 Å². The summed E-state index contributed by atoms with van der Waals surface area (Å²) >= 11 is 0. The van der Waals surface area contributed by atoms with Crippen molar-refractivity contribution in [3.8, 4) is 0 Å². The number of morpholine rings is 1. The molecule has 0 spiro atoms. The third kappa shape index (κ3) is 4.62. The van der Waals surface area contributed by atoms with Crippen LogP contribution in [0.5, 0.6) is 0 Å². The number of nitrogens with zero attached hydrogens (tertiary/aromatic N) is 1. The average molecular weight is 362 g/mol. The first-order chi connectivity index (χ1) is 11.7. The highest BCUT2D eigenvalue weighted by Gasteiger charge is 2.38. The van der Waals surface area contributed by atoms with Crippen molar-refractivity contribution in [3.05, 3.63) is 71.8 Å². The number of rotatable bonds is 6. The van der Waals surface area contributed by atoms with E-state index in [1.807, 2.05) is 36.4 Å². The Kier molecular flexibility index (Phi) is 7.45. The van der Waals surface area contributed by atoms with Crippen LogP contribution in [0.2, 0.25) is 0 Å². The van der Waals surface area contributed by atoms with Crippen molar-refractivity contribution in [2.75, 3.05) is 32.8 Å². The highest BCUT2D eigenvalue weighted by atomic mass is 35.5. The smallest absolute Gasteiger partial charge is 0.0974 e. The van der Waals surface area contributed by atoms with Crippen LogP contribution in [0.25, 0.3) is 0 Å². The Morgan fingerprint density at radius 3 is 2.12 bits per heavy atom. The maximum absolute atomic E-state index is 11.7. The zero-order valence-corrected chi connectivity index (χ0v) is 15.6. The lowest BCUT2D eigenvalue weighted by atomic mass is 9.75. The Bertz CT molecular complexity index is 616. The molecule has 0 amide bonds. The summed E-state index contributed by atoms with van der Waals surface area (Å²) in [5.74, 6) is 0.0317. The van der Waals surface area contributed by atoms with Crippen molar-refractivity contribution in [2.24, 2.45) is 0 Å². The molecule has 0 aromatic heterocycles. The second-order valence-corrected chi connectivity index (χ2v) is 6.52. The van der Waals surface area contributed by atoms with E-state index >= 15 is 0 Å². The molecule has 2 atom stereocenters. The van der Waals surface area contributed by atoms with Crippen LogP contribution >= 0.6 is 12.4 Å². The predicted molar refractivity (Wildman–Crippen MR) is 104 cm³/mol. The van der Waals surface area contributed by atoms with Gasteiger partial charge < -0.3 is 9.84 Å². The number of halogens is 1. The summed E-state index contributed by atoms with van der Waals surface area (Å²) in [6.07, 6.45) is 0.681. The molecule has 4 heteroatoms. The van der Waals surface area contributed by atoms with Crippen LogP contribution in [0.4, 0.5) is 0 Å².